The highest BCUT2D eigenvalue weighted by molar-refractivity contribution is 5.85. The quantitative estimate of drug-likeness (QED) is 0.733. The molecule has 124 valence electrons. The highest BCUT2D eigenvalue weighted by Crippen LogP contribution is 2.25. The first-order valence-electron chi connectivity index (χ1n) is 7.58. The Labute approximate surface area is 138 Å². The first-order valence-corrected chi connectivity index (χ1v) is 7.58. The second-order valence-electron chi connectivity index (χ2n) is 5.42. The molecule has 2 atom stereocenters. The zero-order valence-corrected chi connectivity index (χ0v) is 13.8. The van der Waals surface area contributed by atoms with Gasteiger partial charge in [-0.25, -0.2) is 0 Å². The molecular weight excluding hydrogens is 302 g/mol. The number of ether oxygens (including phenoxy) is 1. The van der Waals surface area contributed by atoms with Crippen molar-refractivity contribution in [1.82, 2.24) is 10.2 Å². The number of amides is 1. The van der Waals surface area contributed by atoms with Gasteiger partial charge in [0, 0.05) is 38.2 Å². The molecule has 1 aliphatic heterocycles. The minimum Gasteiger partial charge on any atom is -0.380 e. The molecule has 0 spiro atoms. The molecule has 0 saturated carbocycles. The maximum Gasteiger partial charge on any atom is 0.234 e. The van der Waals surface area contributed by atoms with Gasteiger partial charge in [0.05, 0.1) is 13.2 Å². The van der Waals surface area contributed by atoms with Gasteiger partial charge in [0.2, 0.25) is 5.91 Å². The summed E-state index contributed by atoms with van der Waals surface area (Å²) in [7, 11) is 0. The summed E-state index contributed by atoms with van der Waals surface area (Å²) in [6.07, 6.45) is 0. The number of nitrogens with zero attached hydrogens (tertiary/aromatic N) is 1. The standard InChI is InChI=1S/C16H25N3O2.ClH/c1-2-21-9-8-18-16(20)12-19-10-14(15(17)11-19)13-6-4-3-5-7-13;/h3-7,14-15H,2,8-12,17H2,1H3,(H,18,20);1H/t14-,15+;/m0./s1. The number of carbonyl (C=O) groups excluding carboxylic acids is 1. The molecule has 1 amide bonds. The fourth-order valence-corrected chi connectivity index (χ4v) is 2.76. The summed E-state index contributed by atoms with van der Waals surface area (Å²) >= 11 is 0. The van der Waals surface area contributed by atoms with Crippen LogP contribution >= 0.6 is 12.4 Å². The fourth-order valence-electron chi connectivity index (χ4n) is 2.76. The normalized spacial score (nSPS) is 21.4. The summed E-state index contributed by atoms with van der Waals surface area (Å²) in [5.41, 5.74) is 7.48. The number of rotatable bonds is 7. The summed E-state index contributed by atoms with van der Waals surface area (Å²) < 4.78 is 5.20. The largest absolute Gasteiger partial charge is 0.380 e. The van der Waals surface area contributed by atoms with E-state index in [-0.39, 0.29) is 24.4 Å². The van der Waals surface area contributed by atoms with Crippen LogP contribution in [0.25, 0.3) is 0 Å². The van der Waals surface area contributed by atoms with E-state index in [2.05, 4.69) is 22.3 Å². The molecule has 1 aromatic carbocycles. The SMILES string of the molecule is CCOCCNC(=O)CN1C[C@@H](N)[C@H](c2ccccc2)C1.Cl. The maximum absolute atomic E-state index is 11.9. The van der Waals surface area contributed by atoms with Crippen molar-refractivity contribution in [3.63, 3.8) is 0 Å². The topological polar surface area (TPSA) is 67.6 Å². The second-order valence-corrected chi connectivity index (χ2v) is 5.42. The Balaban J connectivity index is 0.00000242. The molecule has 1 aromatic rings. The van der Waals surface area contributed by atoms with Crippen LogP contribution in [0.1, 0.15) is 18.4 Å². The number of carbonyl (C=O) groups is 1. The van der Waals surface area contributed by atoms with E-state index >= 15 is 0 Å². The number of likely N-dealkylation sites (tertiary alicyclic amines) is 1. The van der Waals surface area contributed by atoms with E-state index in [1.54, 1.807) is 0 Å². The van der Waals surface area contributed by atoms with Crippen molar-refractivity contribution in [1.29, 1.82) is 0 Å². The van der Waals surface area contributed by atoms with Crippen molar-refractivity contribution in [3.8, 4) is 0 Å². The zero-order chi connectivity index (χ0) is 15.1. The van der Waals surface area contributed by atoms with Gasteiger partial charge in [-0.05, 0) is 12.5 Å². The van der Waals surface area contributed by atoms with Gasteiger partial charge in [0.15, 0.2) is 0 Å². The van der Waals surface area contributed by atoms with Gasteiger partial charge in [-0.1, -0.05) is 30.3 Å². The number of nitrogens with two attached hydrogens (primary N) is 1. The molecule has 1 heterocycles. The van der Waals surface area contributed by atoms with Crippen LogP contribution in [-0.2, 0) is 9.53 Å². The van der Waals surface area contributed by atoms with Crippen LogP contribution < -0.4 is 11.1 Å². The molecule has 22 heavy (non-hydrogen) atoms. The first-order chi connectivity index (χ1) is 10.2. The van der Waals surface area contributed by atoms with Crippen LogP contribution in [0.2, 0.25) is 0 Å². The molecule has 0 radical (unpaired) electrons. The van der Waals surface area contributed by atoms with Crippen molar-refractivity contribution in [2.75, 3.05) is 39.4 Å². The molecule has 1 saturated heterocycles. The first kappa shape index (κ1) is 18.9. The van der Waals surface area contributed by atoms with Crippen LogP contribution in [0.4, 0.5) is 0 Å². The van der Waals surface area contributed by atoms with E-state index in [1.165, 1.54) is 5.56 Å². The summed E-state index contributed by atoms with van der Waals surface area (Å²) in [6.45, 7) is 5.75. The average Bonchev–Trinajstić information content (AvgIpc) is 2.85. The monoisotopic (exact) mass is 327 g/mol. The third kappa shape index (κ3) is 5.57. The van der Waals surface area contributed by atoms with Crippen LogP contribution in [-0.4, -0.2) is 56.2 Å². The van der Waals surface area contributed by atoms with Crippen molar-refractivity contribution in [2.45, 2.75) is 18.9 Å². The highest BCUT2D eigenvalue weighted by Gasteiger charge is 2.31. The predicted molar refractivity (Wildman–Crippen MR) is 90.3 cm³/mol. The third-order valence-corrected chi connectivity index (χ3v) is 3.81. The molecule has 5 nitrogen and oxygen atoms in total. The van der Waals surface area contributed by atoms with Gasteiger partial charge in [-0.3, -0.25) is 9.69 Å². The summed E-state index contributed by atoms with van der Waals surface area (Å²) in [4.78, 5) is 14.0. The van der Waals surface area contributed by atoms with Crippen molar-refractivity contribution >= 4 is 18.3 Å². The summed E-state index contributed by atoms with van der Waals surface area (Å²) in [5.74, 6) is 0.345. The Hall–Kier alpha value is -1.14. The maximum atomic E-state index is 11.9. The van der Waals surface area contributed by atoms with Gasteiger partial charge in [-0.2, -0.15) is 0 Å². The molecule has 6 heteroatoms. The lowest BCUT2D eigenvalue weighted by Gasteiger charge is -2.15. The zero-order valence-electron chi connectivity index (χ0n) is 13.0. The molecule has 2 rings (SSSR count). The van der Waals surface area contributed by atoms with E-state index in [4.69, 9.17) is 10.5 Å². The van der Waals surface area contributed by atoms with Gasteiger partial charge in [-0.15, -0.1) is 12.4 Å². The molecule has 3 N–H and O–H groups in total. The average molecular weight is 328 g/mol. The van der Waals surface area contributed by atoms with E-state index in [0.29, 0.717) is 32.2 Å². The Morgan fingerprint density at radius 1 is 1.36 bits per heavy atom. The number of hydrogen-bond donors (Lipinski definition) is 2. The lowest BCUT2D eigenvalue weighted by molar-refractivity contribution is -0.122. The van der Waals surface area contributed by atoms with Crippen molar-refractivity contribution < 1.29 is 9.53 Å². The Morgan fingerprint density at radius 2 is 2.09 bits per heavy atom. The number of benzene rings is 1. The van der Waals surface area contributed by atoms with Crippen LogP contribution in [0.5, 0.6) is 0 Å². The molecule has 1 aliphatic rings. The Bertz CT molecular complexity index is 444. The van der Waals surface area contributed by atoms with Crippen LogP contribution in [0.3, 0.4) is 0 Å². The van der Waals surface area contributed by atoms with Gasteiger partial charge < -0.3 is 15.8 Å². The van der Waals surface area contributed by atoms with E-state index in [9.17, 15) is 4.79 Å². The Morgan fingerprint density at radius 3 is 2.77 bits per heavy atom. The van der Waals surface area contributed by atoms with Crippen LogP contribution in [0, 0.1) is 0 Å². The summed E-state index contributed by atoms with van der Waals surface area (Å²) in [5, 5.41) is 2.87. The summed E-state index contributed by atoms with van der Waals surface area (Å²) in [6, 6.07) is 10.4. The fraction of sp³-hybridized carbons (Fsp3) is 0.562. The lowest BCUT2D eigenvalue weighted by Crippen LogP contribution is -2.38. The number of nitrogens with one attached hydrogen (secondary N) is 1. The van der Waals surface area contributed by atoms with E-state index < -0.39 is 0 Å². The Kier molecular flexibility index (Phi) is 8.42. The molecular formula is C16H26ClN3O2. The second kappa shape index (κ2) is 9.79. The third-order valence-electron chi connectivity index (χ3n) is 3.81. The van der Waals surface area contributed by atoms with Crippen molar-refractivity contribution in [3.05, 3.63) is 35.9 Å². The minimum absolute atomic E-state index is 0. The molecule has 0 bridgehead atoms. The molecule has 0 aliphatic carbocycles. The van der Waals surface area contributed by atoms with E-state index in [0.717, 1.165) is 13.1 Å². The minimum atomic E-state index is 0. The smallest absolute Gasteiger partial charge is 0.234 e. The van der Waals surface area contributed by atoms with Gasteiger partial charge in [0.1, 0.15) is 0 Å². The number of halogens is 1. The predicted octanol–water partition coefficient (Wildman–Crippen LogP) is 0.988. The molecule has 0 unspecified atom stereocenters. The molecule has 0 aromatic heterocycles. The van der Waals surface area contributed by atoms with Gasteiger partial charge in [0.25, 0.3) is 0 Å². The van der Waals surface area contributed by atoms with Crippen LogP contribution in [0.15, 0.2) is 30.3 Å². The lowest BCUT2D eigenvalue weighted by atomic mass is 9.95. The van der Waals surface area contributed by atoms with Gasteiger partial charge >= 0.3 is 0 Å². The molecule has 1 fully saturated rings. The highest BCUT2D eigenvalue weighted by atomic mass is 35.5. The van der Waals surface area contributed by atoms with E-state index in [1.807, 2.05) is 25.1 Å². The van der Waals surface area contributed by atoms with Crippen molar-refractivity contribution in [2.24, 2.45) is 5.73 Å². The number of hydrogen-bond acceptors (Lipinski definition) is 4.